The molecule has 0 bridgehead atoms. The van der Waals surface area contributed by atoms with E-state index in [1.807, 2.05) is 0 Å². The number of hydrogen-bond donors (Lipinski definition) is 1. The summed E-state index contributed by atoms with van der Waals surface area (Å²) in [5.41, 5.74) is 0.643. The van der Waals surface area contributed by atoms with Gasteiger partial charge >= 0.3 is 5.97 Å². The van der Waals surface area contributed by atoms with Crippen molar-refractivity contribution in [3.63, 3.8) is 0 Å². The summed E-state index contributed by atoms with van der Waals surface area (Å²) in [6, 6.07) is 5.03. The summed E-state index contributed by atoms with van der Waals surface area (Å²) >= 11 is 1.10. The van der Waals surface area contributed by atoms with Gasteiger partial charge < -0.3 is 19.5 Å². The maximum atomic E-state index is 12.8. The van der Waals surface area contributed by atoms with Gasteiger partial charge in [-0.05, 0) is 31.5 Å². The predicted molar refractivity (Wildman–Crippen MR) is 106 cm³/mol. The zero-order valence-corrected chi connectivity index (χ0v) is 16.5. The lowest BCUT2D eigenvalue weighted by Crippen LogP contribution is -2.27. The lowest BCUT2D eigenvalue weighted by atomic mass is 10.2. The maximum absolute atomic E-state index is 12.8. The highest BCUT2D eigenvalue weighted by atomic mass is 32.1. The van der Waals surface area contributed by atoms with E-state index in [1.54, 1.807) is 32.0 Å². The largest absolute Gasteiger partial charge is 0.462 e. The molecule has 0 fully saturated rings. The average molecular weight is 415 g/mol. The van der Waals surface area contributed by atoms with E-state index in [9.17, 15) is 14.4 Å². The van der Waals surface area contributed by atoms with Gasteiger partial charge in [-0.2, -0.15) is 0 Å². The number of nitrogens with one attached hydrogen (secondary N) is 1. The fourth-order valence-electron chi connectivity index (χ4n) is 2.99. The molecule has 1 amide bonds. The predicted octanol–water partition coefficient (Wildman–Crippen LogP) is 2.31. The van der Waals surface area contributed by atoms with Crippen LogP contribution in [-0.4, -0.2) is 34.8 Å². The zero-order chi connectivity index (χ0) is 20.5. The monoisotopic (exact) mass is 415 g/mol. The summed E-state index contributed by atoms with van der Waals surface area (Å²) in [6.07, 6.45) is 1.30. The fourth-order valence-corrected chi connectivity index (χ4v) is 4.03. The standard InChI is InChI=1S/C19H17N3O6S/c1-3-26-19(25)16-10(2)15-17(29-16)20-8-22(18(15)24)7-14(23)21-11-4-5-12-13(6-11)28-9-27-12/h4-6,8H,3,7,9H2,1-2H3,(H,21,23). The van der Waals surface area contributed by atoms with Crippen molar-refractivity contribution in [3.8, 4) is 11.5 Å². The van der Waals surface area contributed by atoms with Gasteiger partial charge in [0.15, 0.2) is 11.5 Å². The fraction of sp³-hybridized carbons (Fsp3) is 0.263. The number of thiophene rings is 1. The molecule has 0 aliphatic carbocycles. The first-order valence-corrected chi connectivity index (χ1v) is 9.64. The Balaban J connectivity index is 1.57. The van der Waals surface area contributed by atoms with E-state index in [0.717, 1.165) is 11.3 Å². The zero-order valence-electron chi connectivity index (χ0n) is 15.7. The minimum atomic E-state index is -0.487. The van der Waals surface area contributed by atoms with Crippen LogP contribution in [0, 0.1) is 6.92 Å². The molecular formula is C19H17N3O6S. The summed E-state index contributed by atoms with van der Waals surface area (Å²) in [6.45, 7) is 3.54. The van der Waals surface area contributed by atoms with Gasteiger partial charge in [0, 0.05) is 11.8 Å². The number of nitrogens with zero attached hydrogens (tertiary/aromatic N) is 2. The van der Waals surface area contributed by atoms with Gasteiger partial charge in [0.05, 0.1) is 18.3 Å². The van der Waals surface area contributed by atoms with Crippen LogP contribution in [0.1, 0.15) is 22.2 Å². The quantitative estimate of drug-likeness (QED) is 0.637. The minimum Gasteiger partial charge on any atom is -0.462 e. The number of hydrogen-bond acceptors (Lipinski definition) is 8. The van der Waals surface area contributed by atoms with Crippen LogP contribution in [0.25, 0.3) is 10.2 Å². The Hall–Kier alpha value is -3.40. The Kier molecular flexibility index (Phi) is 4.93. The number of fused-ring (bicyclic) bond motifs is 2. The maximum Gasteiger partial charge on any atom is 0.348 e. The topological polar surface area (TPSA) is 109 Å². The molecule has 150 valence electrons. The summed E-state index contributed by atoms with van der Waals surface area (Å²) in [7, 11) is 0. The van der Waals surface area contributed by atoms with Crippen LogP contribution in [0.3, 0.4) is 0 Å². The normalized spacial score (nSPS) is 12.2. The molecule has 9 nitrogen and oxygen atoms in total. The van der Waals surface area contributed by atoms with Crippen molar-refractivity contribution in [2.24, 2.45) is 0 Å². The molecule has 0 saturated heterocycles. The molecule has 1 N–H and O–H groups in total. The van der Waals surface area contributed by atoms with Gasteiger partial charge in [-0.3, -0.25) is 14.2 Å². The molecule has 10 heteroatoms. The van der Waals surface area contributed by atoms with Crippen LogP contribution in [0.5, 0.6) is 11.5 Å². The first-order chi connectivity index (χ1) is 14.0. The Morgan fingerprint density at radius 3 is 2.90 bits per heavy atom. The third kappa shape index (κ3) is 3.54. The van der Waals surface area contributed by atoms with Crippen LogP contribution >= 0.6 is 11.3 Å². The number of anilines is 1. The lowest BCUT2D eigenvalue weighted by molar-refractivity contribution is -0.116. The van der Waals surface area contributed by atoms with Gasteiger partial charge in [0.1, 0.15) is 16.3 Å². The molecule has 0 spiro atoms. The number of carbonyl (C=O) groups excluding carboxylic acids is 2. The Labute approximate surface area is 168 Å². The number of carbonyl (C=O) groups is 2. The molecule has 3 aromatic rings. The molecule has 4 rings (SSSR count). The first-order valence-electron chi connectivity index (χ1n) is 8.83. The van der Waals surface area contributed by atoms with Crippen LogP contribution < -0.4 is 20.3 Å². The number of esters is 1. The van der Waals surface area contributed by atoms with Crippen molar-refractivity contribution >= 4 is 39.1 Å². The van der Waals surface area contributed by atoms with Gasteiger partial charge in [0.25, 0.3) is 5.56 Å². The van der Waals surface area contributed by atoms with Crippen LogP contribution in [0.4, 0.5) is 5.69 Å². The molecule has 3 heterocycles. The van der Waals surface area contributed by atoms with E-state index >= 15 is 0 Å². The third-order valence-electron chi connectivity index (χ3n) is 4.35. The average Bonchev–Trinajstić information content (AvgIpc) is 3.28. The summed E-state index contributed by atoms with van der Waals surface area (Å²) in [4.78, 5) is 42.3. The van der Waals surface area contributed by atoms with Crippen molar-refractivity contribution in [2.75, 3.05) is 18.7 Å². The van der Waals surface area contributed by atoms with E-state index in [4.69, 9.17) is 14.2 Å². The van der Waals surface area contributed by atoms with Crippen LogP contribution in [-0.2, 0) is 16.1 Å². The van der Waals surface area contributed by atoms with Crippen molar-refractivity contribution < 1.29 is 23.8 Å². The van der Waals surface area contributed by atoms with Crippen molar-refractivity contribution in [1.29, 1.82) is 0 Å². The molecular weight excluding hydrogens is 398 g/mol. The molecule has 1 aromatic carbocycles. The molecule has 2 aromatic heterocycles. The van der Waals surface area contributed by atoms with Gasteiger partial charge in [-0.1, -0.05) is 0 Å². The number of aryl methyl sites for hydroxylation is 1. The number of rotatable bonds is 5. The number of ether oxygens (including phenoxy) is 3. The second-order valence-corrected chi connectivity index (χ2v) is 7.25. The van der Waals surface area contributed by atoms with Gasteiger partial charge in [-0.25, -0.2) is 9.78 Å². The van der Waals surface area contributed by atoms with E-state index in [0.29, 0.717) is 37.8 Å². The molecule has 1 aliphatic heterocycles. The van der Waals surface area contributed by atoms with Crippen molar-refractivity contribution in [1.82, 2.24) is 9.55 Å². The molecule has 0 saturated carbocycles. The van der Waals surface area contributed by atoms with E-state index in [2.05, 4.69) is 10.3 Å². The molecule has 0 unspecified atom stereocenters. The molecule has 0 atom stereocenters. The molecule has 1 aliphatic rings. The number of aromatic nitrogens is 2. The Morgan fingerprint density at radius 1 is 1.31 bits per heavy atom. The highest BCUT2D eigenvalue weighted by Crippen LogP contribution is 2.34. The second-order valence-electron chi connectivity index (χ2n) is 6.25. The smallest absolute Gasteiger partial charge is 0.348 e. The first kappa shape index (κ1) is 18.9. The van der Waals surface area contributed by atoms with Crippen molar-refractivity contribution in [3.05, 3.63) is 45.3 Å². The van der Waals surface area contributed by atoms with E-state index < -0.39 is 11.9 Å². The van der Waals surface area contributed by atoms with E-state index in [1.165, 1.54) is 10.9 Å². The van der Waals surface area contributed by atoms with E-state index in [-0.39, 0.29) is 25.5 Å². The third-order valence-corrected chi connectivity index (χ3v) is 5.53. The van der Waals surface area contributed by atoms with Gasteiger partial charge in [0.2, 0.25) is 12.7 Å². The Bertz CT molecular complexity index is 1180. The van der Waals surface area contributed by atoms with Crippen LogP contribution in [0.15, 0.2) is 29.3 Å². The summed E-state index contributed by atoms with van der Waals surface area (Å²) in [5, 5.41) is 3.03. The highest BCUT2D eigenvalue weighted by Gasteiger charge is 2.21. The second kappa shape index (κ2) is 7.55. The lowest BCUT2D eigenvalue weighted by Gasteiger charge is -2.08. The van der Waals surface area contributed by atoms with Crippen LogP contribution in [0.2, 0.25) is 0 Å². The highest BCUT2D eigenvalue weighted by molar-refractivity contribution is 7.20. The van der Waals surface area contributed by atoms with Crippen molar-refractivity contribution in [2.45, 2.75) is 20.4 Å². The summed E-state index contributed by atoms with van der Waals surface area (Å²) < 4.78 is 16.7. The number of benzene rings is 1. The Morgan fingerprint density at radius 2 is 2.10 bits per heavy atom. The summed E-state index contributed by atoms with van der Waals surface area (Å²) in [5.74, 6) is 0.271. The molecule has 29 heavy (non-hydrogen) atoms. The minimum absolute atomic E-state index is 0.140. The number of amides is 1. The molecule has 0 radical (unpaired) electrons. The SMILES string of the molecule is CCOC(=O)c1sc2ncn(CC(=O)Nc3ccc4c(c3)OCO4)c(=O)c2c1C. The van der Waals surface area contributed by atoms with Gasteiger partial charge in [-0.15, -0.1) is 11.3 Å².